The molecular formula is C9H9N3S. The third kappa shape index (κ3) is 2.75. The van der Waals surface area contributed by atoms with Crippen LogP contribution in [0, 0.1) is 12.3 Å². The van der Waals surface area contributed by atoms with Crippen molar-refractivity contribution in [2.75, 3.05) is 5.32 Å². The lowest BCUT2D eigenvalue weighted by atomic mass is 10.2. The fourth-order valence-electron chi connectivity index (χ4n) is 0.854. The van der Waals surface area contributed by atoms with Gasteiger partial charge in [0.15, 0.2) is 5.11 Å². The number of thiocarbonyl (C=S) groups is 1. The minimum atomic E-state index is 0.356. The molecule has 0 atom stereocenters. The summed E-state index contributed by atoms with van der Waals surface area (Å²) < 4.78 is 0. The van der Waals surface area contributed by atoms with Gasteiger partial charge in [-0.3, -0.25) is 0 Å². The maximum Gasteiger partial charge on any atom is 0.185 e. The van der Waals surface area contributed by atoms with Crippen molar-refractivity contribution in [2.45, 2.75) is 0 Å². The highest BCUT2D eigenvalue weighted by Gasteiger charge is 1.94. The number of hydrogen-bond acceptors (Lipinski definition) is 2. The van der Waals surface area contributed by atoms with Crippen LogP contribution in [0.2, 0.25) is 0 Å². The van der Waals surface area contributed by atoms with Gasteiger partial charge >= 0.3 is 0 Å². The Kier molecular flexibility index (Phi) is 3.26. The van der Waals surface area contributed by atoms with E-state index in [4.69, 9.17) is 24.5 Å². The van der Waals surface area contributed by atoms with E-state index in [0.29, 0.717) is 5.11 Å². The van der Waals surface area contributed by atoms with Crippen LogP contribution in [0.25, 0.3) is 0 Å². The van der Waals surface area contributed by atoms with Crippen LogP contribution in [-0.4, -0.2) is 5.11 Å². The van der Waals surface area contributed by atoms with Gasteiger partial charge < -0.3 is 10.7 Å². The van der Waals surface area contributed by atoms with E-state index >= 15 is 0 Å². The summed E-state index contributed by atoms with van der Waals surface area (Å²) in [5.41, 5.74) is 3.93. The van der Waals surface area contributed by atoms with Crippen LogP contribution in [-0.2, 0) is 0 Å². The normalized spacial score (nSPS) is 8.62. The van der Waals surface area contributed by atoms with E-state index in [1.807, 2.05) is 24.3 Å². The lowest BCUT2D eigenvalue weighted by Gasteiger charge is -2.06. The van der Waals surface area contributed by atoms with Crippen molar-refractivity contribution in [1.29, 1.82) is 0 Å². The van der Waals surface area contributed by atoms with E-state index in [0.717, 1.165) is 11.3 Å². The van der Waals surface area contributed by atoms with Gasteiger partial charge in [0.05, 0.1) is 0 Å². The molecule has 4 heteroatoms. The van der Waals surface area contributed by atoms with Crippen molar-refractivity contribution in [3.63, 3.8) is 0 Å². The molecule has 3 nitrogen and oxygen atoms in total. The van der Waals surface area contributed by atoms with E-state index in [-0.39, 0.29) is 0 Å². The molecular weight excluding hydrogens is 182 g/mol. The summed E-state index contributed by atoms with van der Waals surface area (Å²) in [5.74, 6) is 7.62. The smallest absolute Gasteiger partial charge is 0.185 e. The van der Waals surface area contributed by atoms with Gasteiger partial charge in [-0.15, -0.1) is 6.42 Å². The fourth-order valence-corrected chi connectivity index (χ4v) is 0.972. The van der Waals surface area contributed by atoms with E-state index < -0.39 is 0 Å². The molecule has 0 fully saturated rings. The van der Waals surface area contributed by atoms with E-state index in [1.165, 1.54) is 0 Å². The predicted octanol–water partition coefficient (Wildman–Crippen LogP) is 0.828. The van der Waals surface area contributed by atoms with Crippen molar-refractivity contribution in [3.8, 4) is 12.3 Å². The van der Waals surface area contributed by atoms with E-state index in [2.05, 4.69) is 16.7 Å². The lowest BCUT2D eigenvalue weighted by Crippen LogP contribution is -2.34. The lowest BCUT2D eigenvalue weighted by molar-refractivity contribution is 1.04. The molecule has 0 aliphatic carbocycles. The third-order valence-electron chi connectivity index (χ3n) is 1.42. The molecule has 0 radical (unpaired) electrons. The number of benzene rings is 1. The van der Waals surface area contributed by atoms with Gasteiger partial charge in [0.25, 0.3) is 0 Å². The zero-order valence-corrected chi connectivity index (χ0v) is 7.69. The summed E-state index contributed by atoms with van der Waals surface area (Å²) in [6.45, 7) is 0. The number of nitrogens with one attached hydrogen (secondary N) is 2. The monoisotopic (exact) mass is 191 g/mol. The summed E-state index contributed by atoms with van der Waals surface area (Å²) in [4.78, 5) is 0. The molecule has 1 aromatic carbocycles. The molecule has 66 valence electrons. The van der Waals surface area contributed by atoms with Crippen molar-refractivity contribution >= 4 is 23.0 Å². The van der Waals surface area contributed by atoms with E-state index in [1.54, 1.807) is 0 Å². The average molecular weight is 191 g/mol. The quantitative estimate of drug-likeness (QED) is 0.266. The highest BCUT2D eigenvalue weighted by atomic mass is 32.1. The molecule has 0 heterocycles. The summed E-state index contributed by atoms with van der Waals surface area (Å²) in [6.07, 6.45) is 5.23. The van der Waals surface area contributed by atoms with Crippen LogP contribution in [0.1, 0.15) is 5.56 Å². The van der Waals surface area contributed by atoms with Gasteiger partial charge in [-0.2, -0.15) is 0 Å². The first-order chi connectivity index (χ1) is 6.26. The minimum Gasteiger partial charge on any atom is -0.332 e. The summed E-state index contributed by atoms with van der Waals surface area (Å²) in [5, 5.41) is 3.22. The molecule has 0 saturated heterocycles. The SMILES string of the molecule is C#Cc1cccc(NC(=S)NN)c1. The number of hydrogen-bond donors (Lipinski definition) is 3. The Bertz CT molecular complexity index is 354. The van der Waals surface area contributed by atoms with Crippen LogP contribution in [0.5, 0.6) is 0 Å². The second-order valence-corrected chi connectivity index (χ2v) is 2.73. The molecule has 1 rings (SSSR count). The Balaban J connectivity index is 2.79. The summed E-state index contributed by atoms with van der Waals surface area (Å²) in [6, 6.07) is 7.34. The predicted molar refractivity (Wildman–Crippen MR) is 57.9 cm³/mol. The number of hydrazine groups is 1. The summed E-state index contributed by atoms with van der Waals surface area (Å²) in [7, 11) is 0. The number of nitrogens with two attached hydrogens (primary N) is 1. The Hall–Kier alpha value is -1.57. The molecule has 1 aromatic rings. The zero-order chi connectivity index (χ0) is 9.68. The Morgan fingerprint density at radius 2 is 2.31 bits per heavy atom. The number of anilines is 1. The molecule has 0 unspecified atom stereocenters. The third-order valence-corrected chi connectivity index (χ3v) is 1.64. The van der Waals surface area contributed by atoms with Gasteiger partial charge in [-0.25, -0.2) is 5.84 Å². The number of terminal acetylenes is 1. The van der Waals surface area contributed by atoms with Crippen LogP contribution < -0.4 is 16.6 Å². The highest BCUT2D eigenvalue weighted by Crippen LogP contribution is 2.08. The van der Waals surface area contributed by atoms with Gasteiger partial charge in [-0.05, 0) is 30.4 Å². The molecule has 0 amide bonds. The second kappa shape index (κ2) is 4.45. The first-order valence-electron chi connectivity index (χ1n) is 3.60. The van der Waals surface area contributed by atoms with Crippen LogP contribution in [0.4, 0.5) is 5.69 Å². The fraction of sp³-hybridized carbons (Fsp3) is 0. The molecule has 0 bridgehead atoms. The van der Waals surface area contributed by atoms with Gasteiger partial charge in [0, 0.05) is 11.3 Å². The largest absolute Gasteiger partial charge is 0.332 e. The Morgan fingerprint density at radius 1 is 1.54 bits per heavy atom. The topological polar surface area (TPSA) is 50.1 Å². The summed E-state index contributed by atoms with van der Waals surface area (Å²) >= 11 is 4.82. The zero-order valence-electron chi connectivity index (χ0n) is 6.87. The van der Waals surface area contributed by atoms with Crippen LogP contribution in [0.3, 0.4) is 0 Å². The van der Waals surface area contributed by atoms with Gasteiger partial charge in [0.1, 0.15) is 0 Å². The van der Waals surface area contributed by atoms with Gasteiger partial charge in [-0.1, -0.05) is 12.0 Å². The molecule has 4 N–H and O–H groups in total. The standard InChI is InChI=1S/C9H9N3S/c1-2-7-4-3-5-8(6-7)11-9(13)12-10/h1,3-6H,10H2,(H2,11,12,13). The first kappa shape index (κ1) is 9.52. The molecule has 0 aliphatic rings. The van der Waals surface area contributed by atoms with Crippen molar-refractivity contribution in [2.24, 2.45) is 5.84 Å². The van der Waals surface area contributed by atoms with Gasteiger partial charge in [0.2, 0.25) is 0 Å². The number of rotatable bonds is 1. The van der Waals surface area contributed by atoms with Crippen LogP contribution in [0.15, 0.2) is 24.3 Å². The maximum atomic E-state index is 5.23. The van der Waals surface area contributed by atoms with E-state index in [9.17, 15) is 0 Å². The minimum absolute atomic E-state index is 0.356. The first-order valence-corrected chi connectivity index (χ1v) is 4.01. The highest BCUT2D eigenvalue weighted by molar-refractivity contribution is 7.80. The Labute approximate surface area is 82.3 Å². The Morgan fingerprint density at radius 3 is 2.92 bits per heavy atom. The van der Waals surface area contributed by atoms with Crippen molar-refractivity contribution < 1.29 is 0 Å². The van der Waals surface area contributed by atoms with Crippen molar-refractivity contribution in [1.82, 2.24) is 5.43 Å². The van der Waals surface area contributed by atoms with Crippen LogP contribution >= 0.6 is 12.2 Å². The molecule has 13 heavy (non-hydrogen) atoms. The molecule has 0 saturated carbocycles. The average Bonchev–Trinajstić information content (AvgIpc) is 2.18. The molecule has 0 aromatic heterocycles. The molecule has 0 aliphatic heterocycles. The van der Waals surface area contributed by atoms with Crippen molar-refractivity contribution in [3.05, 3.63) is 29.8 Å². The second-order valence-electron chi connectivity index (χ2n) is 2.32. The maximum absolute atomic E-state index is 5.23. The molecule has 0 spiro atoms.